The van der Waals surface area contributed by atoms with Crippen molar-refractivity contribution in [2.45, 2.75) is 63.9 Å². The topological polar surface area (TPSA) is 125 Å². The van der Waals surface area contributed by atoms with Gasteiger partial charge >= 0.3 is 6.18 Å². The summed E-state index contributed by atoms with van der Waals surface area (Å²) in [4.78, 5) is 21.6. The molecule has 2 N–H and O–H groups in total. The number of aryl methyl sites for hydroxylation is 1. The van der Waals surface area contributed by atoms with Crippen molar-refractivity contribution in [3.8, 4) is 0 Å². The number of carbonyl (C=O) groups excluding carboxylic acids is 1. The number of hydrogen-bond donors (Lipinski definition) is 2. The van der Waals surface area contributed by atoms with Crippen LogP contribution in [0.5, 0.6) is 0 Å². The number of carbonyl (C=O) groups is 1. The SMILES string of the molecule is Cc1cc(C(=O)c2cncnc2N[C@@H]2C[C@H](CO)[C@H]3OC(C)(C)O[C@H]32)nn1Cc1ccc(C(F)(F)F)o1. The van der Waals surface area contributed by atoms with E-state index in [-0.39, 0.29) is 60.2 Å². The van der Waals surface area contributed by atoms with Gasteiger partial charge in [0.05, 0.1) is 24.3 Å². The molecule has 0 radical (unpaired) electrons. The van der Waals surface area contributed by atoms with E-state index in [0.29, 0.717) is 12.1 Å². The van der Waals surface area contributed by atoms with Gasteiger partial charge < -0.3 is 24.3 Å². The summed E-state index contributed by atoms with van der Waals surface area (Å²) < 4.78 is 56.8. The highest BCUT2D eigenvalue weighted by Crippen LogP contribution is 2.42. The molecule has 0 spiro atoms. The number of aromatic nitrogens is 4. The van der Waals surface area contributed by atoms with E-state index in [1.54, 1.807) is 6.92 Å². The minimum atomic E-state index is -4.59. The molecule has 0 aromatic carbocycles. The van der Waals surface area contributed by atoms with Crippen LogP contribution in [0.25, 0.3) is 0 Å². The summed E-state index contributed by atoms with van der Waals surface area (Å²) in [5, 5.41) is 17.4. The van der Waals surface area contributed by atoms with Crippen LogP contribution in [0.2, 0.25) is 0 Å². The van der Waals surface area contributed by atoms with Crippen molar-refractivity contribution in [1.29, 1.82) is 0 Å². The lowest BCUT2D eigenvalue weighted by Crippen LogP contribution is -2.35. The molecule has 1 saturated heterocycles. The summed E-state index contributed by atoms with van der Waals surface area (Å²) in [6.07, 6.45) is -1.99. The van der Waals surface area contributed by atoms with Crippen LogP contribution in [-0.2, 0) is 22.2 Å². The number of hydrogen-bond acceptors (Lipinski definition) is 9. The number of ketones is 1. The molecule has 1 aliphatic carbocycles. The van der Waals surface area contributed by atoms with Crippen molar-refractivity contribution in [1.82, 2.24) is 19.7 Å². The molecule has 1 aliphatic heterocycles. The van der Waals surface area contributed by atoms with Gasteiger partial charge in [-0.15, -0.1) is 0 Å². The zero-order valence-electron chi connectivity index (χ0n) is 20.3. The maximum atomic E-state index is 13.4. The molecular weight excluding hydrogens is 495 g/mol. The number of ether oxygens (including phenoxy) is 2. The number of fused-ring (bicyclic) bond motifs is 1. The maximum absolute atomic E-state index is 13.4. The molecule has 5 rings (SSSR count). The number of nitrogens with one attached hydrogen (secondary N) is 1. The van der Waals surface area contributed by atoms with Crippen LogP contribution in [0.15, 0.2) is 35.1 Å². The number of aliphatic hydroxyl groups is 1. The number of alkyl halides is 3. The van der Waals surface area contributed by atoms with E-state index < -0.39 is 23.5 Å². The van der Waals surface area contributed by atoms with E-state index in [0.717, 1.165) is 6.07 Å². The van der Waals surface area contributed by atoms with E-state index >= 15 is 0 Å². The fourth-order valence-corrected chi connectivity index (χ4v) is 4.88. The monoisotopic (exact) mass is 521 g/mol. The molecule has 0 bridgehead atoms. The van der Waals surface area contributed by atoms with E-state index in [4.69, 9.17) is 13.9 Å². The Kier molecular flexibility index (Phi) is 6.32. The van der Waals surface area contributed by atoms with Crippen molar-refractivity contribution in [3.63, 3.8) is 0 Å². The Morgan fingerprint density at radius 1 is 1.27 bits per heavy atom. The normalized spacial score (nSPS) is 24.8. The van der Waals surface area contributed by atoms with E-state index in [2.05, 4.69) is 20.4 Å². The standard InChI is InChI=1S/C24H26F3N5O5/c1-12-6-16(31-32(12)9-14-4-5-18(35-14)24(25,26)27)19(34)15-8-28-11-29-22(15)30-17-7-13(10-33)20-21(17)37-23(2,3)36-20/h4-6,8,11,13,17,20-21,33H,7,9-10H2,1-3H3,(H,28,29,30)/t13-,17-,20-,21+/m1/s1. The Morgan fingerprint density at radius 3 is 2.73 bits per heavy atom. The van der Waals surface area contributed by atoms with Crippen molar-refractivity contribution in [3.05, 3.63) is 59.2 Å². The summed E-state index contributed by atoms with van der Waals surface area (Å²) >= 11 is 0. The van der Waals surface area contributed by atoms with Crippen molar-refractivity contribution in [2.24, 2.45) is 5.92 Å². The van der Waals surface area contributed by atoms with Gasteiger partial charge in [-0.2, -0.15) is 18.3 Å². The van der Waals surface area contributed by atoms with Crippen LogP contribution in [-0.4, -0.2) is 61.3 Å². The highest BCUT2D eigenvalue weighted by atomic mass is 19.4. The highest BCUT2D eigenvalue weighted by molar-refractivity contribution is 6.10. The molecule has 4 atom stereocenters. The number of halogens is 3. The molecule has 3 aromatic rings. The van der Waals surface area contributed by atoms with Gasteiger partial charge in [-0.05, 0) is 45.4 Å². The van der Waals surface area contributed by atoms with Crippen LogP contribution in [0.3, 0.4) is 0 Å². The van der Waals surface area contributed by atoms with Crippen LogP contribution < -0.4 is 5.32 Å². The minimum Gasteiger partial charge on any atom is -0.455 e. The predicted molar refractivity (Wildman–Crippen MR) is 122 cm³/mol. The number of nitrogens with zero attached hydrogens (tertiary/aromatic N) is 4. The van der Waals surface area contributed by atoms with Gasteiger partial charge in [0, 0.05) is 24.4 Å². The van der Waals surface area contributed by atoms with Crippen molar-refractivity contribution < 1.29 is 37.0 Å². The molecule has 3 aromatic heterocycles. The minimum absolute atomic E-state index is 0.0545. The first-order chi connectivity index (χ1) is 17.4. The zero-order valence-corrected chi connectivity index (χ0v) is 20.3. The number of rotatable bonds is 7. The lowest BCUT2D eigenvalue weighted by Gasteiger charge is -2.24. The van der Waals surface area contributed by atoms with Crippen LogP contribution in [0.4, 0.5) is 19.0 Å². The van der Waals surface area contributed by atoms with Gasteiger partial charge in [-0.1, -0.05) is 0 Å². The Balaban J connectivity index is 1.35. The van der Waals surface area contributed by atoms with Crippen LogP contribution in [0, 0.1) is 12.8 Å². The Hall–Kier alpha value is -3.29. The molecule has 0 amide bonds. The second kappa shape index (κ2) is 9.23. The molecule has 37 heavy (non-hydrogen) atoms. The fourth-order valence-electron chi connectivity index (χ4n) is 4.88. The van der Waals surface area contributed by atoms with Crippen LogP contribution in [0.1, 0.15) is 53.5 Å². The van der Waals surface area contributed by atoms with Gasteiger partial charge in [0.25, 0.3) is 0 Å². The lowest BCUT2D eigenvalue weighted by atomic mass is 10.1. The van der Waals surface area contributed by atoms with Gasteiger partial charge in [0.1, 0.15) is 29.7 Å². The maximum Gasteiger partial charge on any atom is 0.449 e. The van der Waals surface area contributed by atoms with Gasteiger partial charge in [0.15, 0.2) is 5.79 Å². The van der Waals surface area contributed by atoms with Gasteiger partial charge in [0.2, 0.25) is 11.5 Å². The predicted octanol–water partition coefficient (Wildman–Crippen LogP) is 3.19. The first-order valence-corrected chi connectivity index (χ1v) is 11.7. The largest absolute Gasteiger partial charge is 0.455 e. The quantitative estimate of drug-likeness (QED) is 0.451. The van der Waals surface area contributed by atoms with Crippen LogP contribution >= 0.6 is 0 Å². The summed E-state index contributed by atoms with van der Waals surface area (Å²) in [6, 6.07) is 3.35. The molecule has 4 heterocycles. The molecule has 2 fully saturated rings. The highest BCUT2D eigenvalue weighted by Gasteiger charge is 2.54. The number of furan rings is 1. The number of aliphatic hydroxyl groups excluding tert-OH is 1. The molecule has 1 saturated carbocycles. The van der Waals surface area contributed by atoms with Gasteiger partial charge in [-0.25, -0.2) is 9.97 Å². The molecular formula is C24H26F3N5O5. The average molecular weight is 521 g/mol. The summed E-state index contributed by atoms with van der Waals surface area (Å²) in [7, 11) is 0. The molecule has 13 heteroatoms. The summed E-state index contributed by atoms with van der Waals surface area (Å²) in [6.45, 7) is 5.16. The molecule has 198 valence electrons. The lowest BCUT2D eigenvalue weighted by molar-refractivity contribution is -0.158. The Morgan fingerprint density at radius 2 is 2.03 bits per heavy atom. The summed E-state index contributed by atoms with van der Waals surface area (Å²) in [5.41, 5.74) is 0.812. The van der Waals surface area contributed by atoms with E-state index in [1.165, 1.54) is 29.3 Å². The fraction of sp³-hybridized carbons (Fsp3) is 0.500. The Labute approximate surface area is 209 Å². The molecule has 2 aliphatic rings. The second-order valence-corrected chi connectivity index (χ2v) is 9.70. The van der Waals surface area contributed by atoms with Crippen molar-refractivity contribution in [2.75, 3.05) is 11.9 Å². The zero-order chi connectivity index (χ0) is 26.5. The molecule has 10 nitrogen and oxygen atoms in total. The Bertz CT molecular complexity index is 1300. The third-order valence-electron chi connectivity index (χ3n) is 6.56. The third-order valence-corrected chi connectivity index (χ3v) is 6.56. The second-order valence-electron chi connectivity index (χ2n) is 9.70. The van der Waals surface area contributed by atoms with E-state index in [9.17, 15) is 23.1 Å². The summed E-state index contributed by atoms with van der Waals surface area (Å²) in [5.74, 6) is -2.16. The molecule has 0 unspecified atom stereocenters. The smallest absolute Gasteiger partial charge is 0.449 e. The van der Waals surface area contributed by atoms with Gasteiger partial charge in [-0.3, -0.25) is 9.48 Å². The first-order valence-electron chi connectivity index (χ1n) is 11.7. The van der Waals surface area contributed by atoms with E-state index in [1.807, 2.05) is 13.8 Å². The third kappa shape index (κ3) is 4.98. The first kappa shape index (κ1) is 25.4. The average Bonchev–Trinajstić information content (AvgIpc) is 3.58. The van der Waals surface area contributed by atoms with Crippen molar-refractivity contribution >= 4 is 11.6 Å². The number of anilines is 1.